The molecule has 0 bridgehead atoms. The number of benzene rings is 2. The molecule has 5 nitrogen and oxygen atoms in total. The molecular weight excluding hydrogens is 428 g/mol. The lowest BCUT2D eigenvalue weighted by Gasteiger charge is -2.18. The first kappa shape index (κ1) is 20.1. The predicted octanol–water partition coefficient (Wildman–Crippen LogP) is 4.30. The summed E-state index contributed by atoms with van der Waals surface area (Å²) in [6, 6.07) is 5.96. The Morgan fingerprint density at radius 3 is 2.63 bits per heavy atom. The molecule has 2 aromatic carbocycles. The minimum atomic E-state index is -4.72. The molecule has 0 aromatic heterocycles. The van der Waals surface area contributed by atoms with E-state index in [9.17, 15) is 21.6 Å². The average Bonchev–Trinajstić information content (AvgIpc) is 2.80. The lowest BCUT2D eigenvalue weighted by Crippen LogP contribution is -2.16. The van der Waals surface area contributed by atoms with E-state index in [1.54, 1.807) is 0 Å². The first-order valence-corrected chi connectivity index (χ1v) is 9.88. The van der Waals surface area contributed by atoms with Gasteiger partial charge in [0.25, 0.3) is 10.0 Å². The maximum Gasteiger partial charge on any atom is 0.420 e. The summed E-state index contributed by atoms with van der Waals surface area (Å²) >= 11 is 11.7. The Bertz CT molecular complexity index is 982. The molecule has 0 radical (unpaired) electrons. The van der Waals surface area contributed by atoms with Crippen molar-refractivity contribution in [2.75, 3.05) is 17.9 Å². The number of hydrogen-bond donors (Lipinski definition) is 2. The smallest absolute Gasteiger partial charge is 0.420 e. The van der Waals surface area contributed by atoms with Crippen LogP contribution in [0.1, 0.15) is 11.1 Å². The van der Waals surface area contributed by atoms with Crippen LogP contribution >= 0.6 is 23.2 Å². The summed E-state index contributed by atoms with van der Waals surface area (Å²) in [6.07, 6.45) is -4.72. The van der Waals surface area contributed by atoms with Gasteiger partial charge in [0.05, 0.1) is 21.3 Å². The van der Waals surface area contributed by atoms with Gasteiger partial charge < -0.3 is 10.1 Å². The third-order valence-electron chi connectivity index (χ3n) is 3.77. The normalized spacial score (nSPS) is 14.9. The fourth-order valence-corrected chi connectivity index (χ4v) is 4.41. The van der Waals surface area contributed by atoms with E-state index < -0.39 is 21.8 Å². The Balaban J connectivity index is 2.07. The summed E-state index contributed by atoms with van der Waals surface area (Å²) in [7, 11) is -4.26. The van der Waals surface area contributed by atoms with Crippen molar-refractivity contribution in [1.29, 1.82) is 0 Å². The maximum atomic E-state index is 13.4. The topological polar surface area (TPSA) is 67.4 Å². The third-order valence-corrected chi connectivity index (χ3v) is 6.12. The summed E-state index contributed by atoms with van der Waals surface area (Å²) < 4.78 is 72.9. The zero-order chi connectivity index (χ0) is 19.8. The Morgan fingerprint density at radius 2 is 1.93 bits per heavy atom. The van der Waals surface area contributed by atoms with Crippen molar-refractivity contribution in [2.45, 2.75) is 17.6 Å². The molecule has 0 unspecified atom stereocenters. The molecule has 0 fully saturated rings. The maximum absolute atomic E-state index is 13.4. The van der Waals surface area contributed by atoms with Crippen LogP contribution in [0.3, 0.4) is 0 Å². The highest BCUT2D eigenvalue weighted by Crippen LogP contribution is 2.41. The Labute approximate surface area is 163 Å². The molecule has 3 rings (SSSR count). The van der Waals surface area contributed by atoms with Gasteiger partial charge >= 0.3 is 6.18 Å². The van der Waals surface area contributed by atoms with E-state index in [2.05, 4.69) is 10.0 Å². The van der Waals surface area contributed by atoms with Crippen LogP contribution in [-0.2, 0) is 22.7 Å². The molecular formula is C16H13Cl2F3N2O3S. The van der Waals surface area contributed by atoms with E-state index in [0.29, 0.717) is 12.6 Å². The van der Waals surface area contributed by atoms with Crippen LogP contribution in [-0.4, -0.2) is 21.6 Å². The van der Waals surface area contributed by atoms with Gasteiger partial charge in [-0.1, -0.05) is 29.3 Å². The van der Waals surface area contributed by atoms with Crippen molar-refractivity contribution >= 4 is 38.9 Å². The number of rotatable bonds is 3. The first-order valence-electron chi connectivity index (χ1n) is 7.64. The Hall–Kier alpha value is -1.68. The Kier molecular flexibility index (Phi) is 5.49. The van der Waals surface area contributed by atoms with Crippen molar-refractivity contribution in [3.05, 3.63) is 51.5 Å². The number of ether oxygens (including phenoxy) is 1. The fraction of sp³-hybridized carbons (Fsp3) is 0.250. The minimum Gasteiger partial charge on any atom is -0.491 e. The summed E-state index contributed by atoms with van der Waals surface area (Å²) in [6.45, 7) is 0.538. The summed E-state index contributed by atoms with van der Waals surface area (Å²) in [5.41, 5.74) is -1.12. The van der Waals surface area contributed by atoms with E-state index in [0.717, 1.165) is 0 Å². The molecule has 2 N–H and O–H groups in total. The number of fused-ring (bicyclic) bond motifs is 1. The second kappa shape index (κ2) is 7.38. The second-order valence-electron chi connectivity index (χ2n) is 5.69. The zero-order valence-corrected chi connectivity index (χ0v) is 15.9. The van der Waals surface area contributed by atoms with Crippen LogP contribution in [0.15, 0.2) is 35.2 Å². The lowest BCUT2D eigenvalue weighted by atomic mass is 10.1. The van der Waals surface area contributed by atoms with Crippen LogP contribution in [0.5, 0.6) is 5.75 Å². The number of halogens is 5. The van der Waals surface area contributed by atoms with Gasteiger partial charge in [-0.3, -0.25) is 4.72 Å². The Morgan fingerprint density at radius 1 is 1.19 bits per heavy atom. The van der Waals surface area contributed by atoms with Crippen molar-refractivity contribution in [1.82, 2.24) is 5.32 Å². The molecule has 1 aliphatic rings. The molecule has 0 saturated carbocycles. The molecule has 0 aliphatic carbocycles. The minimum absolute atomic E-state index is 0.00931. The van der Waals surface area contributed by atoms with Gasteiger partial charge in [-0.25, -0.2) is 8.42 Å². The monoisotopic (exact) mass is 440 g/mol. The van der Waals surface area contributed by atoms with Crippen LogP contribution in [0.25, 0.3) is 0 Å². The molecule has 146 valence electrons. The van der Waals surface area contributed by atoms with E-state index in [4.69, 9.17) is 27.9 Å². The van der Waals surface area contributed by atoms with Crippen molar-refractivity contribution < 1.29 is 26.3 Å². The van der Waals surface area contributed by atoms with Crippen LogP contribution in [0.2, 0.25) is 10.0 Å². The second-order valence-corrected chi connectivity index (χ2v) is 8.13. The summed E-state index contributed by atoms with van der Waals surface area (Å²) in [5.74, 6) is -0.309. The molecule has 1 heterocycles. The van der Waals surface area contributed by atoms with E-state index in [1.165, 1.54) is 24.3 Å². The molecule has 0 saturated heterocycles. The van der Waals surface area contributed by atoms with Gasteiger partial charge in [-0.05, 0) is 24.3 Å². The van der Waals surface area contributed by atoms with E-state index in [-0.39, 0.29) is 45.1 Å². The number of anilines is 1. The van der Waals surface area contributed by atoms with Gasteiger partial charge in [-0.2, -0.15) is 13.2 Å². The highest BCUT2D eigenvalue weighted by Gasteiger charge is 2.37. The standard InChI is InChI=1S/C16H13Cl2F3N2O3S/c17-12-2-1-3-13(14(12)18)27(24,25)23-10-6-9-8-22-4-5-26-15(9)11(7-10)16(19,20)21/h1-3,6-7,22-23H,4-5,8H2. The van der Waals surface area contributed by atoms with Gasteiger partial charge in [0, 0.05) is 18.7 Å². The van der Waals surface area contributed by atoms with Crippen LogP contribution in [0.4, 0.5) is 18.9 Å². The third kappa shape index (κ3) is 4.26. The predicted molar refractivity (Wildman–Crippen MR) is 95.9 cm³/mol. The van der Waals surface area contributed by atoms with Crippen LogP contribution < -0.4 is 14.8 Å². The summed E-state index contributed by atoms with van der Waals surface area (Å²) in [5, 5.41) is 2.70. The zero-order valence-electron chi connectivity index (χ0n) is 13.5. The van der Waals surface area contributed by atoms with Gasteiger partial charge in [0.15, 0.2) is 0 Å². The van der Waals surface area contributed by atoms with Gasteiger partial charge in [0.1, 0.15) is 17.3 Å². The quantitative estimate of drug-likeness (QED) is 0.746. The van der Waals surface area contributed by atoms with Crippen molar-refractivity contribution in [3.63, 3.8) is 0 Å². The first-order chi connectivity index (χ1) is 12.6. The number of sulfonamides is 1. The van der Waals surface area contributed by atoms with E-state index in [1.807, 2.05) is 0 Å². The fourth-order valence-electron chi connectivity index (χ4n) is 2.61. The van der Waals surface area contributed by atoms with Crippen LogP contribution in [0, 0.1) is 0 Å². The molecule has 27 heavy (non-hydrogen) atoms. The number of hydrogen-bond acceptors (Lipinski definition) is 4. The molecule has 11 heteroatoms. The molecule has 0 spiro atoms. The average molecular weight is 441 g/mol. The van der Waals surface area contributed by atoms with Crippen molar-refractivity contribution in [2.24, 2.45) is 0 Å². The SMILES string of the molecule is O=S(=O)(Nc1cc2c(c(C(F)(F)F)c1)OCCNC2)c1cccc(Cl)c1Cl. The molecule has 2 aromatic rings. The lowest BCUT2D eigenvalue weighted by molar-refractivity contribution is -0.138. The highest BCUT2D eigenvalue weighted by atomic mass is 35.5. The number of alkyl halides is 3. The van der Waals surface area contributed by atoms with Gasteiger partial charge in [0.2, 0.25) is 0 Å². The van der Waals surface area contributed by atoms with E-state index >= 15 is 0 Å². The largest absolute Gasteiger partial charge is 0.491 e. The molecule has 0 amide bonds. The highest BCUT2D eigenvalue weighted by molar-refractivity contribution is 7.92. The number of nitrogens with one attached hydrogen (secondary N) is 2. The van der Waals surface area contributed by atoms with Crippen molar-refractivity contribution in [3.8, 4) is 5.75 Å². The summed E-state index contributed by atoms with van der Waals surface area (Å²) in [4.78, 5) is -0.338. The molecule has 0 atom stereocenters. The molecule has 1 aliphatic heterocycles. The van der Waals surface area contributed by atoms with Gasteiger partial charge in [-0.15, -0.1) is 0 Å².